The van der Waals surface area contributed by atoms with Crippen molar-refractivity contribution >= 4 is 33.9 Å². The summed E-state index contributed by atoms with van der Waals surface area (Å²) in [5, 5.41) is 9.42. The molecule has 1 aliphatic heterocycles. The fraction of sp³-hybridized carbons (Fsp3) is 0.300. The lowest BCUT2D eigenvalue weighted by molar-refractivity contribution is -0.154. The van der Waals surface area contributed by atoms with Crippen LogP contribution in [-0.2, 0) is 14.8 Å². The van der Waals surface area contributed by atoms with Crippen LogP contribution in [0.15, 0.2) is 47.4 Å². The molecule has 2 atom stereocenters. The SMILES string of the molecule is C[C@@H]1C[C@](F)(C(=O)O)CCN1S(=O)(=O)c1ccc(C=O)cc1-c1ccccc1Cl. The van der Waals surface area contributed by atoms with Crippen molar-refractivity contribution in [3.05, 3.63) is 53.1 Å². The first-order valence-electron chi connectivity index (χ1n) is 8.88. The van der Waals surface area contributed by atoms with Crippen LogP contribution in [0.25, 0.3) is 11.1 Å². The van der Waals surface area contributed by atoms with E-state index in [9.17, 15) is 22.4 Å². The number of carbonyl (C=O) groups excluding carboxylic acids is 1. The predicted octanol–water partition coefficient (Wildman–Crippen LogP) is 3.79. The minimum Gasteiger partial charge on any atom is -0.479 e. The van der Waals surface area contributed by atoms with Gasteiger partial charge in [0.05, 0.1) is 4.90 Å². The van der Waals surface area contributed by atoms with E-state index in [1.807, 2.05) is 0 Å². The van der Waals surface area contributed by atoms with Gasteiger partial charge in [-0.05, 0) is 25.1 Å². The number of carboxylic acids is 1. The Bertz CT molecular complexity index is 1070. The number of hydrogen-bond acceptors (Lipinski definition) is 4. The highest BCUT2D eigenvalue weighted by molar-refractivity contribution is 7.89. The van der Waals surface area contributed by atoms with Crippen LogP contribution < -0.4 is 0 Å². The number of piperidine rings is 1. The summed E-state index contributed by atoms with van der Waals surface area (Å²) in [7, 11) is -4.11. The number of sulfonamides is 1. The molecule has 1 saturated heterocycles. The largest absolute Gasteiger partial charge is 0.479 e. The number of benzene rings is 2. The van der Waals surface area contributed by atoms with Gasteiger partial charge in [0.1, 0.15) is 6.29 Å². The standard InChI is InChI=1S/C20H19ClFNO5S/c1-13-11-20(22,19(25)26)8-9-23(13)29(27,28)18-7-6-14(12-24)10-16(18)15-4-2-3-5-17(15)21/h2-7,10,12-13H,8-9,11H2,1H3,(H,25,26)/t13-,20+/m1/s1. The fourth-order valence-electron chi connectivity index (χ4n) is 3.59. The Morgan fingerprint density at radius 2 is 1.97 bits per heavy atom. The predicted molar refractivity (Wildman–Crippen MR) is 106 cm³/mol. The van der Waals surface area contributed by atoms with Gasteiger partial charge in [0.25, 0.3) is 0 Å². The molecule has 6 nitrogen and oxygen atoms in total. The van der Waals surface area contributed by atoms with E-state index in [0.29, 0.717) is 16.9 Å². The van der Waals surface area contributed by atoms with Crippen molar-refractivity contribution in [2.24, 2.45) is 0 Å². The maximum Gasteiger partial charge on any atom is 0.341 e. The number of nitrogens with zero attached hydrogens (tertiary/aromatic N) is 1. The molecule has 1 heterocycles. The Morgan fingerprint density at radius 3 is 2.55 bits per heavy atom. The molecule has 1 aliphatic rings. The highest BCUT2D eigenvalue weighted by atomic mass is 35.5. The number of aldehydes is 1. The highest BCUT2D eigenvalue weighted by Crippen LogP contribution is 2.38. The zero-order valence-corrected chi connectivity index (χ0v) is 17.1. The van der Waals surface area contributed by atoms with Crippen molar-refractivity contribution in [3.63, 3.8) is 0 Å². The maximum absolute atomic E-state index is 14.5. The molecule has 29 heavy (non-hydrogen) atoms. The van der Waals surface area contributed by atoms with Gasteiger partial charge >= 0.3 is 5.97 Å². The van der Waals surface area contributed by atoms with E-state index < -0.39 is 40.5 Å². The van der Waals surface area contributed by atoms with E-state index in [1.54, 1.807) is 24.3 Å². The molecular formula is C20H19ClFNO5S. The molecule has 1 N–H and O–H groups in total. The first kappa shape index (κ1) is 21.4. The molecule has 2 aromatic carbocycles. The first-order valence-corrected chi connectivity index (χ1v) is 10.7. The molecule has 0 saturated carbocycles. The van der Waals surface area contributed by atoms with E-state index in [0.717, 1.165) is 4.31 Å². The monoisotopic (exact) mass is 439 g/mol. The van der Waals surface area contributed by atoms with Crippen LogP contribution in [0.5, 0.6) is 0 Å². The van der Waals surface area contributed by atoms with E-state index in [1.165, 1.54) is 25.1 Å². The average Bonchev–Trinajstić information content (AvgIpc) is 2.67. The molecule has 0 unspecified atom stereocenters. The van der Waals surface area contributed by atoms with Crippen molar-refractivity contribution < 1.29 is 27.5 Å². The second-order valence-corrected chi connectivity index (χ2v) is 9.31. The minimum absolute atomic E-state index is 0.0790. The molecule has 1 fully saturated rings. The fourth-order valence-corrected chi connectivity index (χ4v) is 5.65. The van der Waals surface area contributed by atoms with Gasteiger partial charge in [0.2, 0.25) is 15.7 Å². The number of halogens is 2. The second kappa shape index (κ2) is 7.85. The molecule has 154 valence electrons. The van der Waals surface area contributed by atoms with Crippen LogP contribution in [0.4, 0.5) is 4.39 Å². The average molecular weight is 440 g/mol. The second-order valence-electron chi connectivity index (χ2n) is 7.04. The van der Waals surface area contributed by atoms with E-state index in [-0.39, 0.29) is 22.6 Å². The Hall–Kier alpha value is -2.29. The molecule has 2 aromatic rings. The number of aliphatic carboxylic acids is 1. The lowest BCUT2D eigenvalue weighted by atomic mass is 9.90. The zero-order valence-electron chi connectivity index (χ0n) is 15.5. The van der Waals surface area contributed by atoms with Gasteiger partial charge in [-0.25, -0.2) is 17.6 Å². The number of rotatable bonds is 5. The van der Waals surface area contributed by atoms with Crippen LogP contribution in [0.2, 0.25) is 5.02 Å². The third kappa shape index (κ3) is 3.92. The number of alkyl halides is 1. The van der Waals surface area contributed by atoms with Gasteiger partial charge in [-0.1, -0.05) is 35.9 Å². The van der Waals surface area contributed by atoms with Crippen LogP contribution in [0, 0.1) is 0 Å². The lowest BCUT2D eigenvalue weighted by Crippen LogP contribution is -2.52. The number of carbonyl (C=O) groups is 2. The van der Waals surface area contributed by atoms with Crippen LogP contribution in [-0.4, -0.2) is 48.3 Å². The van der Waals surface area contributed by atoms with Gasteiger partial charge in [-0.2, -0.15) is 4.31 Å². The summed E-state index contributed by atoms with van der Waals surface area (Å²) in [5.74, 6) is -1.59. The van der Waals surface area contributed by atoms with Gasteiger partial charge in [-0.15, -0.1) is 0 Å². The third-order valence-corrected chi connectivity index (χ3v) is 7.51. The molecule has 0 spiro atoms. The van der Waals surface area contributed by atoms with Crippen LogP contribution in [0.1, 0.15) is 30.1 Å². The van der Waals surface area contributed by atoms with E-state index >= 15 is 0 Å². The summed E-state index contributed by atoms with van der Waals surface area (Å²) < 4.78 is 42.4. The van der Waals surface area contributed by atoms with Crippen LogP contribution >= 0.6 is 11.6 Å². The van der Waals surface area contributed by atoms with Gasteiger partial charge < -0.3 is 5.11 Å². The molecule has 0 aromatic heterocycles. The van der Waals surface area contributed by atoms with E-state index in [4.69, 9.17) is 16.7 Å². The van der Waals surface area contributed by atoms with Gasteiger partial charge in [0.15, 0.2) is 0 Å². The van der Waals surface area contributed by atoms with Crippen molar-refractivity contribution in [3.8, 4) is 11.1 Å². The summed E-state index contributed by atoms with van der Waals surface area (Å²) >= 11 is 6.25. The van der Waals surface area contributed by atoms with Crippen molar-refractivity contribution in [2.75, 3.05) is 6.54 Å². The molecule has 0 bridgehead atoms. The smallest absolute Gasteiger partial charge is 0.341 e. The minimum atomic E-state index is -4.11. The van der Waals surface area contributed by atoms with Crippen molar-refractivity contribution in [1.82, 2.24) is 4.31 Å². The quantitative estimate of drug-likeness (QED) is 0.715. The molecule has 3 rings (SSSR count). The van der Waals surface area contributed by atoms with Crippen molar-refractivity contribution in [1.29, 1.82) is 0 Å². The normalized spacial score (nSPS) is 22.9. The summed E-state index contributed by atoms with van der Waals surface area (Å²) in [6, 6.07) is 9.91. The molecule has 0 radical (unpaired) electrons. The van der Waals surface area contributed by atoms with Gasteiger partial charge in [0, 0.05) is 47.1 Å². The Kier molecular flexibility index (Phi) is 5.80. The summed E-state index contributed by atoms with van der Waals surface area (Å²) in [4.78, 5) is 22.4. The Balaban J connectivity index is 2.10. The Morgan fingerprint density at radius 1 is 1.28 bits per heavy atom. The number of hydrogen-bond donors (Lipinski definition) is 1. The molecule has 0 aliphatic carbocycles. The number of carboxylic acid groups (broad SMARTS) is 1. The lowest BCUT2D eigenvalue weighted by Gasteiger charge is -2.38. The highest BCUT2D eigenvalue weighted by Gasteiger charge is 2.48. The van der Waals surface area contributed by atoms with E-state index in [2.05, 4.69) is 0 Å². The zero-order chi connectivity index (χ0) is 21.4. The topological polar surface area (TPSA) is 91.8 Å². The molecule has 0 amide bonds. The van der Waals surface area contributed by atoms with Crippen LogP contribution in [0.3, 0.4) is 0 Å². The summed E-state index contributed by atoms with van der Waals surface area (Å²) in [5.41, 5.74) is -1.49. The third-order valence-electron chi connectivity index (χ3n) is 5.11. The molecular weight excluding hydrogens is 421 g/mol. The molecule has 9 heteroatoms. The van der Waals surface area contributed by atoms with Crippen molar-refractivity contribution in [2.45, 2.75) is 36.4 Å². The first-order chi connectivity index (χ1) is 13.6. The van der Waals surface area contributed by atoms with Gasteiger partial charge in [-0.3, -0.25) is 4.79 Å². The summed E-state index contributed by atoms with van der Waals surface area (Å²) in [6.45, 7) is 1.20. The maximum atomic E-state index is 14.5. The summed E-state index contributed by atoms with van der Waals surface area (Å²) in [6.07, 6.45) is -0.292. The Labute approximate surface area is 173 Å².